The highest BCUT2D eigenvalue weighted by molar-refractivity contribution is 9.10. The van der Waals surface area contributed by atoms with Crippen molar-refractivity contribution in [1.82, 2.24) is 4.98 Å². The van der Waals surface area contributed by atoms with Gasteiger partial charge < -0.3 is 4.74 Å². The smallest absolute Gasteiger partial charge is 0.415 e. The maximum atomic E-state index is 14.1. The quantitative estimate of drug-likeness (QED) is 0.460. The summed E-state index contributed by atoms with van der Waals surface area (Å²) < 4.78 is 20.4. The minimum absolute atomic E-state index is 0.267. The van der Waals surface area contributed by atoms with Gasteiger partial charge in [0, 0.05) is 21.9 Å². The summed E-state index contributed by atoms with van der Waals surface area (Å²) in [7, 11) is 0. The molecule has 4 rings (SSSR count). The molecule has 2 heterocycles. The summed E-state index contributed by atoms with van der Waals surface area (Å²) in [4.78, 5) is 18.0. The lowest BCUT2D eigenvalue weighted by Gasteiger charge is -2.29. The highest BCUT2D eigenvalue weighted by atomic mass is 79.9. The first-order valence-corrected chi connectivity index (χ1v) is 9.65. The van der Waals surface area contributed by atoms with E-state index in [0.29, 0.717) is 21.3 Å². The second-order valence-corrected chi connectivity index (χ2v) is 8.11. The highest BCUT2D eigenvalue weighted by Crippen LogP contribution is 2.44. The number of benzene rings is 2. The van der Waals surface area contributed by atoms with Crippen molar-refractivity contribution >= 4 is 27.7 Å². The molecule has 0 saturated carbocycles. The molecule has 0 spiro atoms. The maximum absolute atomic E-state index is 14.1. The molecule has 6 heteroatoms. The monoisotopic (exact) mass is 440 g/mol. The zero-order chi connectivity index (χ0) is 19.9. The molecule has 1 fully saturated rings. The van der Waals surface area contributed by atoms with Crippen LogP contribution < -0.4 is 4.90 Å². The number of hydrogen-bond donors (Lipinski definition) is 0. The number of anilines is 1. The summed E-state index contributed by atoms with van der Waals surface area (Å²) >= 11 is 3.32. The Balaban J connectivity index is 1.73. The molecule has 2 aromatic carbocycles. The largest absolute Gasteiger partial charge is 0.441 e. The van der Waals surface area contributed by atoms with Gasteiger partial charge in [-0.2, -0.15) is 4.39 Å². The molecule has 1 amide bonds. The second kappa shape index (κ2) is 7.02. The Morgan fingerprint density at radius 3 is 2.46 bits per heavy atom. The molecule has 0 radical (unpaired) electrons. The number of cyclic esters (lactones) is 1. The van der Waals surface area contributed by atoms with E-state index >= 15 is 0 Å². The van der Waals surface area contributed by atoms with E-state index in [2.05, 4.69) is 20.9 Å². The molecular formula is C22H18BrFN2O2. The predicted molar refractivity (Wildman–Crippen MR) is 110 cm³/mol. The summed E-state index contributed by atoms with van der Waals surface area (Å²) in [5.74, 6) is -0.542. The van der Waals surface area contributed by atoms with Crippen LogP contribution >= 0.6 is 15.9 Å². The van der Waals surface area contributed by atoms with Gasteiger partial charge in [-0.05, 0) is 59.1 Å². The molecular weight excluding hydrogens is 423 g/mol. The zero-order valence-electron chi connectivity index (χ0n) is 15.4. The lowest BCUT2D eigenvalue weighted by Crippen LogP contribution is -2.33. The van der Waals surface area contributed by atoms with Crippen LogP contribution in [0.4, 0.5) is 14.9 Å². The number of amides is 1. The maximum Gasteiger partial charge on any atom is 0.415 e. The Kier molecular flexibility index (Phi) is 4.67. The Hall–Kier alpha value is -2.73. The van der Waals surface area contributed by atoms with E-state index in [4.69, 9.17) is 4.74 Å². The third-order valence-corrected chi connectivity index (χ3v) is 5.27. The summed E-state index contributed by atoms with van der Waals surface area (Å²) in [5, 5.41) is 0. The molecule has 1 aliphatic rings. The van der Waals surface area contributed by atoms with Crippen LogP contribution in [0.3, 0.4) is 0 Å². The molecule has 3 aromatic rings. The number of carbonyl (C=O) groups is 1. The van der Waals surface area contributed by atoms with E-state index < -0.39 is 17.6 Å². The van der Waals surface area contributed by atoms with Gasteiger partial charge in [-0.1, -0.05) is 42.5 Å². The summed E-state index contributed by atoms with van der Waals surface area (Å²) in [6, 6.07) is 18.4. The third-order valence-electron chi connectivity index (χ3n) is 4.84. The lowest BCUT2D eigenvalue weighted by molar-refractivity contribution is 0.0685. The fourth-order valence-electron chi connectivity index (χ4n) is 3.61. The van der Waals surface area contributed by atoms with Crippen LogP contribution in [0.2, 0.25) is 0 Å². The second-order valence-electron chi connectivity index (χ2n) is 7.19. The number of aromatic nitrogens is 1. The molecule has 1 aromatic heterocycles. The van der Waals surface area contributed by atoms with Crippen molar-refractivity contribution in [2.75, 3.05) is 4.90 Å². The average molecular weight is 441 g/mol. The molecule has 0 aliphatic carbocycles. The molecule has 0 bridgehead atoms. The molecule has 0 N–H and O–H groups in total. The standard InChI is InChI=1S/C22H18BrFN2O2/c1-22(2)19(15-6-4-3-5-7-15)26(21(27)28-22)17-10-8-14(9-11-17)18-12-16(23)13-25-20(18)24/h3-13,19H,1-2H3/t19-/m0/s1. The first kappa shape index (κ1) is 18.6. The SMILES string of the molecule is CC1(C)OC(=O)N(c2ccc(-c3cc(Br)cnc3F)cc2)[C@H]1c1ccccc1. The minimum atomic E-state index is -0.683. The molecule has 1 saturated heterocycles. The average Bonchev–Trinajstić information content (AvgIpc) is 2.93. The summed E-state index contributed by atoms with van der Waals surface area (Å²) in [6.45, 7) is 3.80. The van der Waals surface area contributed by atoms with E-state index in [1.165, 1.54) is 6.20 Å². The van der Waals surface area contributed by atoms with Gasteiger partial charge in [0.25, 0.3) is 0 Å². The van der Waals surface area contributed by atoms with E-state index in [0.717, 1.165) is 5.56 Å². The normalized spacial score (nSPS) is 18.2. The van der Waals surface area contributed by atoms with Gasteiger partial charge in [-0.3, -0.25) is 4.90 Å². The van der Waals surface area contributed by atoms with Crippen LogP contribution in [0.15, 0.2) is 71.3 Å². The van der Waals surface area contributed by atoms with Crippen molar-refractivity contribution in [3.8, 4) is 11.1 Å². The molecule has 1 aliphatic heterocycles. The van der Waals surface area contributed by atoms with Gasteiger partial charge in [0.1, 0.15) is 11.6 Å². The number of carbonyl (C=O) groups excluding carboxylic acids is 1. The summed E-state index contributed by atoms with van der Waals surface area (Å²) in [5.41, 5.74) is 2.07. The Morgan fingerprint density at radius 2 is 1.79 bits per heavy atom. The zero-order valence-corrected chi connectivity index (χ0v) is 17.0. The van der Waals surface area contributed by atoms with Gasteiger partial charge in [0.05, 0.1) is 0 Å². The highest BCUT2D eigenvalue weighted by Gasteiger charge is 2.49. The molecule has 1 atom stereocenters. The molecule has 0 unspecified atom stereocenters. The van der Waals surface area contributed by atoms with Crippen molar-refractivity contribution in [3.05, 3.63) is 82.8 Å². The van der Waals surface area contributed by atoms with E-state index in [1.54, 1.807) is 35.2 Å². The molecule has 28 heavy (non-hydrogen) atoms. The first-order valence-electron chi connectivity index (χ1n) is 8.85. The predicted octanol–water partition coefficient (Wildman–Crippen LogP) is 6.13. The number of halogens is 2. The van der Waals surface area contributed by atoms with Crippen LogP contribution in [0, 0.1) is 5.95 Å². The van der Waals surface area contributed by atoms with Gasteiger partial charge >= 0.3 is 6.09 Å². The van der Waals surface area contributed by atoms with Crippen LogP contribution in [-0.2, 0) is 4.74 Å². The van der Waals surface area contributed by atoms with E-state index in [9.17, 15) is 9.18 Å². The van der Waals surface area contributed by atoms with Crippen molar-refractivity contribution < 1.29 is 13.9 Å². The number of hydrogen-bond acceptors (Lipinski definition) is 3. The van der Waals surface area contributed by atoms with Gasteiger partial charge in [-0.25, -0.2) is 9.78 Å². The minimum Gasteiger partial charge on any atom is -0.441 e. The van der Waals surface area contributed by atoms with Crippen molar-refractivity contribution in [3.63, 3.8) is 0 Å². The van der Waals surface area contributed by atoms with Crippen LogP contribution in [-0.4, -0.2) is 16.7 Å². The number of ether oxygens (including phenoxy) is 1. The lowest BCUT2D eigenvalue weighted by atomic mass is 9.91. The van der Waals surface area contributed by atoms with E-state index in [-0.39, 0.29) is 6.04 Å². The number of nitrogens with zero attached hydrogens (tertiary/aromatic N) is 2. The fraction of sp³-hybridized carbons (Fsp3) is 0.182. The third kappa shape index (κ3) is 3.29. The van der Waals surface area contributed by atoms with Crippen LogP contribution in [0.1, 0.15) is 25.5 Å². The van der Waals surface area contributed by atoms with Crippen LogP contribution in [0.5, 0.6) is 0 Å². The van der Waals surface area contributed by atoms with Crippen molar-refractivity contribution in [2.24, 2.45) is 0 Å². The van der Waals surface area contributed by atoms with Crippen LogP contribution in [0.25, 0.3) is 11.1 Å². The fourth-order valence-corrected chi connectivity index (χ4v) is 3.94. The van der Waals surface area contributed by atoms with Gasteiger partial charge in [0.2, 0.25) is 5.95 Å². The first-order chi connectivity index (χ1) is 13.4. The molecule has 4 nitrogen and oxygen atoms in total. The van der Waals surface area contributed by atoms with Gasteiger partial charge in [-0.15, -0.1) is 0 Å². The van der Waals surface area contributed by atoms with E-state index in [1.807, 2.05) is 44.2 Å². The Morgan fingerprint density at radius 1 is 1.11 bits per heavy atom. The summed E-state index contributed by atoms with van der Waals surface area (Å²) in [6.07, 6.45) is 1.02. The Labute approximate surface area is 171 Å². The topological polar surface area (TPSA) is 42.4 Å². The molecule has 142 valence electrons. The number of pyridine rings is 1. The number of rotatable bonds is 3. The van der Waals surface area contributed by atoms with Gasteiger partial charge in [0.15, 0.2) is 0 Å². The van der Waals surface area contributed by atoms with Crippen molar-refractivity contribution in [1.29, 1.82) is 0 Å². The van der Waals surface area contributed by atoms with Crippen molar-refractivity contribution in [2.45, 2.75) is 25.5 Å². The Bertz CT molecular complexity index is 1020.